The number of hydrogen-bond donors (Lipinski definition) is 1. The molecule has 0 saturated carbocycles. The maximum Gasteiger partial charge on any atom is 0.308 e. The van der Waals surface area contributed by atoms with Gasteiger partial charge in [-0.25, -0.2) is 0 Å². The first-order valence-corrected chi connectivity index (χ1v) is 7.25. The molecule has 3 nitrogen and oxygen atoms in total. The van der Waals surface area contributed by atoms with Crippen molar-refractivity contribution in [3.8, 4) is 0 Å². The van der Waals surface area contributed by atoms with Gasteiger partial charge in [0.05, 0.1) is 5.92 Å². The molecule has 0 spiro atoms. The lowest BCUT2D eigenvalue weighted by Gasteiger charge is -2.23. The van der Waals surface area contributed by atoms with Crippen LogP contribution in [0.2, 0.25) is 0 Å². The zero-order valence-electron chi connectivity index (χ0n) is 11.4. The van der Waals surface area contributed by atoms with Gasteiger partial charge in [0.15, 0.2) is 0 Å². The molecule has 3 rings (SSSR count). The fraction of sp³-hybridized carbons (Fsp3) is 0.562. The summed E-state index contributed by atoms with van der Waals surface area (Å²) in [7, 11) is 0. The second kappa shape index (κ2) is 4.97. The van der Waals surface area contributed by atoms with Crippen molar-refractivity contribution in [2.24, 2.45) is 5.92 Å². The molecule has 3 atom stereocenters. The van der Waals surface area contributed by atoms with Gasteiger partial charge in [0.2, 0.25) is 0 Å². The van der Waals surface area contributed by atoms with E-state index >= 15 is 0 Å². The molecule has 0 aliphatic carbocycles. The Balaban J connectivity index is 1.75. The van der Waals surface area contributed by atoms with Gasteiger partial charge < -0.3 is 5.11 Å². The Hall–Kier alpha value is -1.35. The largest absolute Gasteiger partial charge is 0.481 e. The first kappa shape index (κ1) is 12.7. The van der Waals surface area contributed by atoms with Crippen LogP contribution in [-0.4, -0.2) is 28.1 Å². The smallest absolute Gasteiger partial charge is 0.308 e. The van der Waals surface area contributed by atoms with E-state index in [0.717, 1.165) is 25.8 Å². The third-order valence-electron chi connectivity index (χ3n) is 4.76. The number of aryl methyl sites for hydroxylation is 1. The number of fused-ring (bicyclic) bond motifs is 2. The maximum absolute atomic E-state index is 11.3. The molecule has 1 aromatic rings. The lowest BCUT2D eigenvalue weighted by atomic mass is 9.89. The molecule has 19 heavy (non-hydrogen) atoms. The van der Waals surface area contributed by atoms with Gasteiger partial charge in [-0.1, -0.05) is 31.2 Å². The predicted molar refractivity (Wildman–Crippen MR) is 73.9 cm³/mol. The molecule has 1 N–H and O–H groups in total. The van der Waals surface area contributed by atoms with Gasteiger partial charge in [-0.15, -0.1) is 0 Å². The molecule has 0 radical (unpaired) electrons. The van der Waals surface area contributed by atoms with E-state index in [-0.39, 0.29) is 12.0 Å². The van der Waals surface area contributed by atoms with Crippen molar-refractivity contribution >= 4 is 5.97 Å². The van der Waals surface area contributed by atoms with Crippen molar-refractivity contribution in [2.75, 3.05) is 0 Å². The molecular formula is C16H21NO2. The van der Waals surface area contributed by atoms with Crippen LogP contribution in [0.15, 0.2) is 24.3 Å². The molecule has 1 aromatic carbocycles. The number of benzene rings is 1. The van der Waals surface area contributed by atoms with E-state index in [0.29, 0.717) is 6.04 Å². The molecule has 2 aliphatic heterocycles. The van der Waals surface area contributed by atoms with Crippen LogP contribution in [0.1, 0.15) is 37.3 Å². The van der Waals surface area contributed by atoms with Crippen LogP contribution in [0.25, 0.3) is 0 Å². The van der Waals surface area contributed by atoms with Crippen LogP contribution >= 0.6 is 0 Å². The summed E-state index contributed by atoms with van der Waals surface area (Å²) in [5.74, 6) is -0.757. The number of carboxylic acids is 1. The van der Waals surface area contributed by atoms with Gasteiger partial charge in [-0.2, -0.15) is 0 Å². The van der Waals surface area contributed by atoms with Gasteiger partial charge in [0.25, 0.3) is 0 Å². The Morgan fingerprint density at radius 1 is 1.37 bits per heavy atom. The van der Waals surface area contributed by atoms with E-state index in [2.05, 4.69) is 36.1 Å². The van der Waals surface area contributed by atoms with Gasteiger partial charge >= 0.3 is 5.97 Å². The Morgan fingerprint density at radius 3 is 2.84 bits per heavy atom. The summed E-state index contributed by atoms with van der Waals surface area (Å²) in [6.45, 7) is 3.08. The predicted octanol–water partition coefficient (Wildman–Crippen LogP) is 2.69. The molecule has 2 fully saturated rings. The summed E-state index contributed by atoms with van der Waals surface area (Å²) >= 11 is 0. The van der Waals surface area contributed by atoms with E-state index in [1.807, 2.05) is 0 Å². The Labute approximate surface area is 114 Å². The summed E-state index contributed by atoms with van der Waals surface area (Å²) in [4.78, 5) is 13.7. The summed E-state index contributed by atoms with van der Waals surface area (Å²) in [6, 6.07) is 9.42. The third-order valence-corrected chi connectivity index (χ3v) is 4.76. The molecular weight excluding hydrogens is 238 g/mol. The van der Waals surface area contributed by atoms with Crippen molar-refractivity contribution in [1.82, 2.24) is 4.90 Å². The number of nitrogens with zero attached hydrogens (tertiary/aromatic N) is 1. The van der Waals surface area contributed by atoms with Gasteiger partial charge in [0, 0.05) is 18.6 Å². The normalized spacial score (nSPS) is 29.8. The quantitative estimate of drug-likeness (QED) is 0.903. The average molecular weight is 259 g/mol. The highest BCUT2D eigenvalue weighted by Gasteiger charge is 2.48. The molecule has 0 aromatic heterocycles. The topological polar surface area (TPSA) is 40.5 Å². The standard InChI is InChI=1S/C16H21NO2/c1-2-11-4-3-5-12(8-11)10-17-13-6-7-15(17)14(9-13)16(18)19/h3-5,8,13-15H,2,6-7,9-10H2,1H3,(H,18,19). The first-order valence-electron chi connectivity index (χ1n) is 7.25. The van der Waals surface area contributed by atoms with Crippen molar-refractivity contribution in [3.05, 3.63) is 35.4 Å². The van der Waals surface area contributed by atoms with Crippen LogP contribution in [0.4, 0.5) is 0 Å². The van der Waals surface area contributed by atoms with E-state index in [1.54, 1.807) is 0 Å². The maximum atomic E-state index is 11.3. The summed E-state index contributed by atoms with van der Waals surface area (Å²) in [6.07, 6.45) is 4.11. The summed E-state index contributed by atoms with van der Waals surface area (Å²) in [5.41, 5.74) is 2.68. The Bertz CT molecular complexity index is 485. The van der Waals surface area contributed by atoms with E-state index in [1.165, 1.54) is 17.5 Å². The Morgan fingerprint density at radius 2 is 2.16 bits per heavy atom. The van der Waals surface area contributed by atoms with Gasteiger partial charge in [-0.3, -0.25) is 9.69 Å². The highest BCUT2D eigenvalue weighted by molar-refractivity contribution is 5.71. The minimum Gasteiger partial charge on any atom is -0.481 e. The van der Waals surface area contributed by atoms with Crippen LogP contribution < -0.4 is 0 Å². The fourth-order valence-electron chi connectivity index (χ4n) is 3.77. The van der Waals surface area contributed by atoms with Crippen LogP contribution in [0.3, 0.4) is 0 Å². The molecule has 2 saturated heterocycles. The van der Waals surface area contributed by atoms with Gasteiger partial charge in [0.1, 0.15) is 0 Å². The third kappa shape index (κ3) is 2.27. The van der Waals surface area contributed by atoms with Crippen LogP contribution in [0, 0.1) is 5.92 Å². The highest BCUT2D eigenvalue weighted by atomic mass is 16.4. The molecule has 0 amide bonds. The zero-order valence-corrected chi connectivity index (χ0v) is 11.4. The van der Waals surface area contributed by atoms with Crippen LogP contribution in [-0.2, 0) is 17.8 Å². The summed E-state index contributed by atoms with van der Waals surface area (Å²) in [5, 5.41) is 9.27. The molecule has 3 heteroatoms. The van der Waals surface area contributed by atoms with E-state index in [4.69, 9.17) is 0 Å². The van der Waals surface area contributed by atoms with Crippen molar-refractivity contribution < 1.29 is 9.90 Å². The molecule has 3 unspecified atom stereocenters. The Kier molecular flexibility index (Phi) is 3.31. The zero-order chi connectivity index (χ0) is 13.4. The number of carboxylic acid groups (broad SMARTS) is 1. The number of hydrogen-bond acceptors (Lipinski definition) is 2. The summed E-state index contributed by atoms with van der Waals surface area (Å²) < 4.78 is 0. The van der Waals surface area contributed by atoms with E-state index < -0.39 is 5.97 Å². The minimum atomic E-state index is -0.612. The monoisotopic (exact) mass is 259 g/mol. The number of rotatable bonds is 4. The number of aliphatic carboxylic acids is 1. The van der Waals surface area contributed by atoms with Crippen molar-refractivity contribution in [2.45, 2.75) is 51.2 Å². The lowest BCUT2D eigenvalue weighted by molar-refractivity contribution is -0.142. The average Bonchev–Trinajstić information content (AvgIpc) is 2.96. The van der Waals surface area contributed by atoms with E-state index in [9.17, 15) is 9.90 Å². The highest BCUT2D eigenvalue weighted by Crippen LogP contribution is 2.42. The van der Waals surface area contributed by atoms with Gasteiger partial charge in [-0.05, 0) is 36.8 Å². The minimum absolute atomic E-state index is 0.145. The van der Waals surface area contributed by atoms with Crippen LogP contribution in [0.5, 0.6) is 0 Å². The fourth-order valence-corrected chi connectivity index (χ4v) is 3.77. The molecule has 2 heterocycles. The van der Waals surface area contributed by atoms with Crippen molar-refractivity contribution in [1.29, 1.82) is 0 Å². The second-order valence-electron chi connectivity index (χ2n) is 5.82. The first-order chi connectivity index (χ1) is 9.19. The lowest BCUT2D eigenvalue weighted by Crippen LogP contribution is -2.32. The van der Waals surface area contributed by atoms with Crippen molar-refractivity contribution in [3.63, 3.8) is 0 Å². The SMILES string of the molecule is CCc1cccc(CN2C3CCC2C(C(=O)O)C3)c1. The second-order valence-corrected chi connectivity index (χ2v) is 5.82. The molecule has 2 aliphatic rings. The molecule has 102 valence electrons. The number of carbonyl (C=O) groups is 1. The molecule has 2 bridgehead atoms.